The van der Waals surface area contributed by atoms with E-state index < -0.39 is 0 Å². The van der Waals surface area contributed by atoms with Gasteiger partial charge in [-0.3, -0.25) is 4.90 Å². The molecular formula is C15H25N3O. The lowest BCUT2D eigenvalue weighted by Gasteiger charge is -2.34. The molecule has 2 heterocycles. The molecule has 1 aliphatic heterocycles. The first-order valence-electron chi connectivity index (χ1n) is 7.35. The molecule has 1 saturated heterocycles. The molecule has 1 fully saturated rings. The zero-order valence-electron chi connectivity index (χ0n) is 12.1. The Hall–Kier alpha value is -1.13. The van der Waals surface area contributed by atoms with Crippen LogP contribution < -0.4 is 5.32 Å². The molecule has 2 rings (SSSR count). The smallest absolute Gasteiger partial charge is 0.126 e. The minimum atomic E-state index is 0.530. The molecule has 19 heavy (non-hydrogen) atoms. The van der Waals surface area contributed by atoms with Gasteiger partial charge in [-0.2, -0.15) is 0 Å². The average molecular weight is 263 g/mol. The summed E-state index contributed by atoms with van der Waals surface area (Å²) in [6, 6.07) is 6.76. The monoisotopic (exact) mass is 263 g/mol. The first-order valence-corrected chi connectivity index (χ1v) is 7.35. The van der Waals surface area contributed by atoms with Crippen molar-refractivity contribution in [3.05, 3.63) is 23.9 Å². The summed E-state index contributed by atoms with van der Waals surface area (Å²) in [5.74, 6) is 0.987. The molecule has 0 bridgehead atoms. The van der Waals surface area contributed by atoms with Crippen LogP contribution >= 0.6 is 0 Å². The normalized spacial score (nSPS) is 20.4. The zero-order chi connectivity index (χ0) is 13.5. The van der Waals surface area contributed by atoms with Crippen molar-refractivity contribution < 1.29 is 4.74 Å². The predicted octanol–water partition coefficient (Wildman–Crippen LogP) is 2.51. The van der Waals surface area contributed by atoms with Gasteiger partial charge >= 0.3 is 0 Å². The molecule has 0 aromatic carbocycles. The Morgan fingerprint density at radius 3 is 3.11 bits per heavy atom. The quantitative estimate of drug-likeness (QED) is 0.856. The number of morpholine rings is 1. The summed E-state index contributed by atoms with van der Waals surface area (Å²) < 4.78 is 5.54. The van der Waals surface area contributed by atoms with E-state index in [0.29, 0.717) is 6.04 Å². The van der Waals surface area contributed by atoms with E-state index >= 15 is 0 Å². The predicted molar refractivity (Wildman–Crippen MR) is 78.3 cm³/mol. The lowest BCUT2D eigenvalue weighted by Crippen LogP contribution is -2.44. The maximum Gasteiger partial charge on any atom is 0.126 e. The molecule has 0 spiro atoms. The molecule has 4 nitrogen and oxygen atoms in total. The first-order chi connectivity index (χ1) is 9.33. The minimum Gasteiger partial charge on any atom is -0.378 e. The van der Waals surface area contributed by atoms with Crippen LogP contribution in [-0.4, -0.2) is 42.2 Å². The molecule has 106 valence electrons. The number of aromatic nitrogens is 1. The summed E-state index contributed by atoms with van der Waals surface area (Å²) in [6.45, 7) is 8.98. The zero-order valence-corrected chi connectivity index (χ0v) is 12.1. The number of hydrogen-bond acceptors (Lipinski definition) is 4. The van der Waals surface area contributed by atoms with E-state index in [9.17, 15) is 0 Å². The van der Waals surface area contributed by atoms with Crippen LogP contribution in [0.5, 0.6) is 0 Å². The van der Waals surface area contributed by atoms with Crippen molar-refractivity contribution >= 4 is 5.82 Å². The fourth-order valence-electron chi connectivity index (χ4n) is 2.40. The van der Waals surface area contributed by atoms with Gasteiger partial charge in [0.25, 0.3) is 0 Å². The molecule has 1 unspecified atom stereocenters. The molecule has 1 atom stereocenters. The molecular weight excluding hydrogens is 238 g/mol. The number of nitrogens with one attached hydrogen (secondary N) is 1. The lowest BCUT2D eigenvalue weighted by molar-refractivity contribution is -0.0132. The lowest BCUT2D eigenvalue weighted by atomic mass is 10.1. The van der Waals surface area contributed by atoms with Crippen molar-refractivity contribution in [2.75, 3.05) is 31.6 Å². The highest BCUT2D eigenvalue weighted by Gasteiger charge is 2.21. The van der Waals surface area contributed by atoms with E-state index in [4.69, 9.17) is 4.74 Å². The molecule has 1 N–H and O–H groups in total. The Morgan fingerprint density at radius 2 is 2.32 bits per heavy atom. The Kier molecular flexibility index (Phi) is 5.61. The van der Waals surface area contributed by atoms with Crippen LogP contribution in [0.3, 0.4) is 0 Å². The number of anilines is 1. The summed E-state index contributed by atoms with van der Waals surface area (Å²) in [7, 11) is 0. The molecule has 4 heteroatoms. The van der Waals surface area contributed by atoms with E-state index in [1.807, 2.05) is 6.07 Å². The second-order valence-corrected chi connectivity index (χ2v) is 5.05. The molecule has 0 radical (unpaired) electrons. The van der Waals surface area contributed by atoms with Gasteiger partial charge < -0.3 is 10.1 Å². The van der Waals surface area contributed by atoms with E-state index in [2.05, 4.69) is 41.2 Å². The Balaban J connectivity index is 1.97. The Labute approximate surface area is 116 Å². The number of pyridine rings is 1. The first kappa shape index (κ1) is 14.3. The van der Waals surface area contributed by atoms with Crippen LogP contribution in [0, 0.1) is 0 Å². The van der Waals surface area contributed by atoms with E-state index in [-0.39, 0.29) is 0 Å². The Morgan fingerprint density at radius 1 is 1.42 bits per heavy atom. The van der Waals surface area contributed by atoms with Gasteiger partial charge in [0.05, 0.1) is 18.9 Å². The van der Waals surface area contributed by atoms with Gasteiger partial charge in [-0.15, -0.1) is 0 Å². The van der Waals surface area contributed by atoms with Gasteiger partial charge in [-0.1, -0.05) is 19.9 Å². The summed E-state index contributed by atoms with van der Waals surface area (Å²) in [4.78, 5) is 7.16. The third-order valence-electron chi connectivity index (χ3n) is 3.55. The maximum absolute atomic E-state index is 5.54. The van der Waals surface area contributed by atoms with E-state index in [0.717, 1.165) is 57.2 Å². The maximum atomic E-state index is 5.54. The largest absolute Gasteiger partial charge is 0.378 e. The third kappa shape index (κ3) is 4.18. The molecule has 0 saturated carbocycles. The fourth-order valence-corrected chi connectivity index (χ4v) is 2.40. The summed E-state index contributed by atoms with van der Waals surface area (Å²) in [6.07, 6.45) is 2.25. The van der Waals surface area contributed by atoms with Gasteiger partial charge in [0, 0.05) is 25.7 Å². The van der Waals surface area contributed by atoms with Crippen LogP contribution in [0.1, 0.15) is 32.4 Å². The van der Waals surface area contributed by atoms with Crippen LogP contribution in [0.25, 0.3) is 0 Å². The van der Waals surface area contributed by atoms with Crippen LogP contribution in [0.2, 0.25) is 0 Å². The van der Waals surface area contributed by atoms with E-state index in [1.54, 1.807) is 0 Å². The van der Waals surface area contributed by atoms with Crippen molar-refractivity contribution in [1.29, 1.82) is 0 Å². The van der Waals surface area contributed by atoms with Crippen LogP contribution in [-0.2, 0) is 11.3 Å². The van der Waals surface area contributed by atoms with Crippen molar-refractivity contribution in [1.82, 2.24) is 9.88 Å². The van der Waals surface area contributed by atoms with Crippen molar-refractivity contribution in [3.8, 4) is 0 Å². The topological polar surface area (TPSA) is 37.4 Å². The SMILES string of the molecule is CCCNc1cccc(CN2CCOCC2CC)n1. The number of hydrogen-bond donors (Lipinski definition) is 1. The minimum absolute atomic E-state index is 0.530. The molecule has 1 aromatic rings. The van der Waals surface area contributed by atoms with Crippen molar-refractivity contribution in [2.24, 2.45) is 0 Å². The Bertz CT molecular complexity index is 383. The summed E-state index contributed by atoms with van der Waals surface area (Å²) >= 11 is 0. The van der Waals surface area contributed by atoms with Crippen molar-refractivity contribution in [2.45, 2.75) is 39.3 Å². The van der Waals surface area contributed by atoms with Crippen LogP contribution in [0.4, 0.5) is 5.82 Å². The number of ether oxygens (including phenoxy) is 1. The molecule has 1 aromatic heterocycles. The summed E-state index contributed by atoms with van der Waals surface area (Å²) in [5.41, 5.74) is 1.14. The van der Waals surface area contributed by atoms with Crippen molar-refractivity contribution in [3.63, 3.8) is 0 Å². The highest BCUT2D eigenvalue weighted by Crippen LogP contribution is 2.14. The fraction of sp³-hybridized carbons (Fsp3) is 0.667. The highest BCUT2D eigenvalue weighted by molar-refractivity contribution is 5.35. The second kappa shape index (κ2) is 7.46. The average Bonchev–Trinajstić information content (AvgIpc) is 2.46. The third-order valence-corrected chi connectivity index (χ3v) is 3.55. The standard InChI is InChI=1S/C15H25N3O/c1-3-8-16-15-7-5-6-13(17-15)11-18-9-10-19-12-14(18)4-2/h5-7,14H,3-4,8-12H2,1-2H3,(H,16,17). The summed E-state index contributed by atoms with van der Waals surface area (Å²) in [5, 5.41) is 3.34. The van der Waals surface area contributed by atoms with Gasteiger partial charge in [-0.05, 0) is 25.0 Å². The van der Waals surface area contributed by atoms with E-state index in [1.165, 1.54) is 0 Å². The van der Waals surface area contributed by atoms with Gasteiger partial charge in [0.2, 0.25) is 0 Å². The number of rotatable bonds is 6. The molecule has 0 aliphatic carbocycles. The second-order valence-electron chi connectivity index (χ2n) is 5.05. The highest BCUT2D eigenvalue weighted by atomic mass is 16.5. The number of nitrogens with zero attached hydrogens (tertiary/aromatic N) is 2. The van der Waals surface area contributed by atoms with Gasteiger partial charge in [0.1, 0.15) is 5.82 Å². The van der Waals surface area contributed by atoms with Gasteiger partial charge in [-0.25, -0.2) is 4.98 Å². The molecule has 0 amide bonds. The van der Waals surface area contributed by atoms with Crippen LogP contribution in [0.15, 0.2) is 18.2 Å². The molecule has 1 aliphatic rings. The van der Waals surface area contributed by atoms with Gasteiger partial charge in [0.15, 0.2) is 0 Å².